The average Bonchev–Trinajstić information content (AvgIpc) is 2.81. The number of rotatable bonds is 2. The van der Waals surface area contributed by atoms with Crippen LogP contribution in [0.25, 0.3) is 5.65 Å². The monoisotopic (exact) mass is 244 g/mol. The minimum absolute atomic E-state index is 0.452. The third-order valence-corrected chi connectivity index (χ3v) is 3.79. The first-order valence-corrected chi connectivity index (χ1v) is 6.61. The standard InChI is InChI=1S/C14H20N4/c1-10-5-7-18-12(8-10)16-13(17-18)15-11-4-6-14(2,3)9-11/h5,7-8,11H,4,6,9H2,1-3H3,(H,15,17). The van der Waals surface area contributed by atoms with Crippen molar-refractivity contribution in [3.05, 3.63) is 23.9 Å². The van der Waals surface area contributed by atoms with Crippen LogP contribution in [0, 0.1) is 12.3 Å². The fraction of sp³-hybridized carbons (Fsp3) is 0.571. The van der Waals surface area contributed by atoms with Gasteiger partial charge in [0, 0.05) is 12.2 Å². The smallest absolute Gasteiger partial charge is 0.243 e. The predicted octanol–water partition coefficient (Wildman–Crippen LogP) is 3.03. The molecule has 0 saturated heterocycles. The molecule has 2 aromatic heterocycles. The Morgan fingerprint density at radius 1 is 1.44 bits per heavy atom. The lowest BCUT2D eigenvalue weighted by Crippen LogP contribution is -2.18. The number of anilines is 1. The summed E-state index contributed by atoms with van der Waals surface area (Å²) < 4.78 is 1.83. The molecule has 0 amide bonds. The Labute approximate surface area is 107 Å². The minimum Gasteiger partial charge on any atom is -0.350 e. The van der Waals surface area contributed by atoms with Gasteiger partial charge < -0.3 is 5.32 Å². The maximum atomic E-state index is 4.53. The highest BCUT2D eigenvalue weighted by atomic mass is 15.3. The SMILES string of the molecule is Cc1ccn2nc(NC3CCC(C)(C)C3)nc2c1. The molecular formula is C14H20N4. The van der Waals surface area contributed by atoms with E-state index in [1.54, 1.807) is 0 Å². The van der Waals surface area contributed by atoms with Crippen LogP contribution >= 0.6 is 0 Å². The van der Waals surface area contributed by atoms with Crippen molar-refractivity contribution < 1.29 is 0 Å². The lowest BCUT2D eigenvalue weighted by Gasteiger charge is -2.17. The number of hydrogen-bond donors (Lipinski definition) is 1. The Hall–Kier alpha value is -1.58. The Morgan fingerprint density at radius 2 is 2.28 bits per heavy atom. The van der Waals surface area contributed by atoms with Gasteiger partial charge in [-0.25, -0.2) is 4.52 Å². The minimum atomic E-state index is 0.452. The second-order valence-electron chi connectivity index (χ2n) is 6.19. The van der Waals surface area contributed by atoms with E-state index in [1.165, 1.54) is 24.8 Å². The third-order valence-electron chi connectivity index (χ3n) is 3.79. The number of fused-ring (bicyclic) bond motifs is 1. The zero-order valence-corrected chi connectivity index (χ0v) is 11.3. The van der Waals surface area contributed by atoms with Crippen LogP contribution in [0.3, 0.4) is 0 Å². The molecule has 1 fully saturated rings. The summed E-state index contributed by atoms with van der Waals surface area (Å²) in [6.07, 6.45) is 5.64. The molecule has 4 heteroatoms. The van der Waals surface area contributed by atoms with E-state index in [0.29, 0.717) is 11.5 Å². The van der Waals surface area contributed by atoms with Gasteiger partial charge in [-0.1, -0.05) is 13.8 Å². The third kappa shape index (κ3) is 2.19. The molecule has 3 rings (SSSR count). The fourth-order valence-electron chi connectivity index (χ4n) is 2.79. The lowest BCUT2D eigenvalue weighted by atomic mass is 9.92. The van der Waals surface area contributed by atoms with Gasteiger partial charge in [0.1, 0.15) is 0 Å². The summed E-state index contributed by atoms with van der Waals surface area (Å²) in [6, 6.07) is 4.61. The molecule has 0 radical (unpaired) electrons. The van der Waals surface area contributed by atoms with Gasteiger partial charge in [-0.05, 0) is 49.3 Å². The van der Waals surface area contributed by atoms with Crippen LogP contribution < -0.4 is 5.32 Å². The predicted molar refractivity (Wildman–Crippen MR) is 72.8 cm³/mol. The number of aromatic nitrogens is 3. The quantitative estimate of drug-likeness (QED) is 0.883. The molecule has 1 saturated carbocycles. The topological polar surface area (TPSA) is 42.2 Å². The van der Waals surface area contributed by atoms with Crippen LogP contribution in [0.2, 0.25) is 0 Å². The van der Waals surface area contributed by atoms with Gasteiger partial charge in [-0.2, -0.15) is 4.98 Å². The van der Waals surface area contributed by atoms with E-state index in [2.05, 4.69) is 42.2 Å². The van der Waals surface area contributed by atoms with Gasteiger partial charge in [0.15, 0.2) is 5.65 Å². The second-order valence-corrected chi connectivity index (χ2v) is 6.19. The largest absolute Gasteiger partial charge is 0.350 e. The number of aryl methyl sites for hydroxylation is 1. The molecule has 1 unspecified atom stereocenters. The maximum Gasteiger partial charge on any atom is 0.243 e. The maximum absolute atomic E-state index is 4.53. The van der Waals surface area contributed by atoms with E-state index in [0.717, 1.165) is 11.6 Å². The highest BCUT2D eigenvalue weighted by molar-refractivity contribution is 5.45. The van der Waals surface area contributed by atoms with Crippen molar-refractivity contribution >= 4 is 11.6 Å². The second kappa shape index (κ2) is 3.97. The van der Waals surface area contributed by atoms with Gasteiger partial charge in [0.25, 0.3) is 0 Å². The molecule has 1 atom stereocenters. The lowest BCUT2D eigenvalue weighted by molar-refractivity contribution is 0.378. The Morgan fingerprint density at radius 3 is 3.00 bits per heavy atom. The van der Waals surface area contributed by atoms with Crippen molar-refractivity contribution in [2.24, 2.45) is 5.41 Å². The molecule has 2 heterocycles. The Balaban J connectivity index is 1.79. The van der Waals surface area contributed by atoms with E-state index in [1.807, 2.05) is 16.8 Å². The molecule has 1 N–H and O–H groups in total. The molecule has 0 aliphatic heterocycles. The van der Waals surface area contributed by atoms with Crippen molar-refractivity contribution in [3.8, 4) is 0 Å². The zero-order chi connectivity index (χ0) is 12.8. The summed E-state index contributed by atoms with van der Waals surface area (Å²) in [5, 5.41) is 7.92. The van der Waals surface area contributed by atoms with Crippen molar-refractivity contribution in [1.82, 2.24) is 14.6 Å². The van der Waals surface area contributed by atoms with E-state index in [4.69, 9.17) is 0 Å². The van der Waals surface area contributed by atoms with Crippen molar-refractivity contribution in [2.45, 2.75) is 46.1 Å². The molecule has 4 nitrogen and oxygen atoms in total. The summed E-state index contributed by atoms with van der Waals surface area (Å²) in [5.74, 6) is 0.753. The first-order valence-electron chi connectivity index (χ1n) is 6.61. The van der Waals surface area contributed by atoms with E-state index < -0.39 is 0 Å². The molecule has 0 spiro atoms. The van der Waals surface area contributed by atoms with Gasteiger partial charge >= 0.3 is 0 Å². The number of pyridine rings is 1. The molecular weight excluding hydrogens is 224 g/mol. The molecule has 1 aliphatic carbocycles. The van der Waals surface area contributed by atoms with Crippen LogP contribution in [0.5, 0.6) is 0 Å². The Bertz CT molecular complexity index is 570. The van der Waals surface area contributed by atoms with Crippen LogP contribution in [-0.4, -0.2) is 20.6 Å². The van der Waals surface area contributed by atoms with Gasteiger partial charge in [0.2, 0.25) is 5.95 Å². The summed E-state index contributed by atoms with van der Waals surface area (Å²) in [7, 11) is 0. The Kier molecular flexibility index (Phi) is 2.54. The zero-order valence-electron chi connectivity index (χ0n) is 11.3. The first kappa shape index (κ1) is 11.5. The average molecular weight is 244 g/mol. The molecule has 96 valence electrons. The number of nitrogens with zero attached hydrogens (tertiary/aromatic N) is 3. The van der Waals surface area contributed by atoms with Gasteiger partial charge in [0.05, 0.1) is 0 Å². The molecule has 18 heavy (non-hydrogen) atoms. The highest BCUT2D eigenvalue weighted by Gasteiger charge is 2.31. The normalized spacial score (nSPS) is 22.5. The van der Waals surface area contributed by atoms with Crippen molar-refractivity contribution in [1.29, 1.82) is 0 Å². The summed E-state index contributed by atoms with van der Waals surface area (Å²) in [6.45, 7) is 6.73. The van der Waals surface area contributed by atoms with Crippen LogP contribution in [0.15, 0.2) is 18.3 Å². The summed E-state index contributed by atoms with van der Waals surface area (Å²) in [4.78, 5) is 4.53. The number of nitrogens with one attached hydrogen (secondary N) is 1. The fourth-order valence-corrected chi connectivity index (χ4v) is 2.79. The van der Waals surface area contributed by atoms with Crippen molar-refractivity contribution in [3.63, 3.8) is 0 Å². The molecule has 1 aliphatic rings. The van der Waals surface area contributed by atoms with Crippen molar-refractivity contribution in [2.75, 3.05) is 5.32 Å². The van der Waals surface area contributed by atoms with E-state index >= 15 is 0 Å². The van der Waals surface area contributed by atoms with E-state index in [9.17, 15) is 0 Å². The first-order chi connectivity index (χ1) is 8.52. The van der Waals surface area contributed by atoms with Gasteiger partial charge in [-0.3, -0.25) is 0 Å². The summed E-state index contributed by atoms with van der Waals surface area (Å²) in [5.41, 5.74) is 2.58. The molecule has 0 aromatic carbocycles. The number of hydrogen-bond acceptors (Lipinski definition) is 3. The van der Waals surface area contributed by atoms with E-state index in [-0.39, 0.29) is 0 Å². The molecule has 0 bridgehead atoms. The van der Waals surface area contributed by atoms with Gasteiger partial charge in [-0.15, -0.1) is 5.10 Å². The van der Waals surface area contributed by atoms with Crippen LogP contribution in [-0.2, 0) is 0 Å². The summed E-state index contributed by atoms with van der Waals surface area (Å²) >= 11 is 0. The molecule has 2 aromatic rings. The highest BCUT2D eigenvalue weighted by Crippen LogP contribution is 2.37. The van der Waals surface area contributed by atoms with Crippen LogP contribution in [0.4, 0.5) is 5.95 Å². The van der Waals surface area contributed by atoms with Crippen LogP contribution in [0.1, 0.15) is 38.7 Å².